The summed E-state index contributed by atoms with van der Waals surface area (Å²) in [5.41, 5.74) is 1.35. The quantitative estimate of drug-likeness (QED) is 0.874. The van der Waals surface area contributed by atoms with Gasteiger partial charge in [0.2, 0.25) is 0 Å². The molecule has 1 aromatic rings. The van der Waals surface area contributed by atoms with Crippen molar-refractivity contribution < 1.29 is 0 Å². The van der Waals surface area contributed by atoms with E-state index >= 15 is 0 Å². The summed E-state index contributed by atoms with van der Waals surface area (Å²) in [6.45, 7) is 5.69. The number of nitrogens with one attached hydrogen (secondary N) is 1. The standard InChI is InChI=1S/C14H24N4/c1-3-13-10-18(9-11-6-16-17(2)8-11)14(7-15-13)12-4-5-12/h6,8,12-15H,3-5,7,9-10H2,1-2H3. The summed E-state index contributed by atoms with van der Waals surface area (Å²) in [6, 6.07) is 1.41. The Morgan fingerprint density at radius 1 is 1.44 bits per heavy atom. The summed E-state index contributed by atoms with van der Waals surface area (Å²) in [5.74, 6) is 0.937. The average molecular weight is 248 g/mol. The van der Waals surface area contributed by atoms with Crippen LogP contribution in [0.2, 0.25) is 0 Å². The maximum atomic E-state index is 4.28. The predicted octanol–water partition coefficient (Wildman–Crippen LogP) is 1.38. The summed E-state index contributed by atoms with van der Waals surface area (Å²) < 4.78 is 1.90. The SMILES string of the molecule is CCC1CN(Cc2cnn(C)c2)C(C2CC2)CN1. The Morgan fingerprint density at radius 3 is 2.89 bits per heavy atom. The Morgan fingerprint density at radius 2 is 2.28 bits per heavy atom. The zero-order chi connectivity index (χ0) is 12.5. The van der Waals surface area contributed by atoms with Crippen LogP contribution in [0.1, 0.15) is 31.7 Å². The first kappa shape index (κ1) is 12.2. The highest BCUT2D eigenvalue weighted by Crippen LogP contribution is 2.36. The third-order valence-corrected chi connectivity index (χ3v) is 4.34. The first-order valence-corrected chi connectivity index (χ1v) is 7.21. The van der Waals surface area contributed by atoms with Crippen molar-refractivity contribution in [1.82, 2.24) is 20.0 Å². The van der Waals surface area contributed by atoms with Crippen molar-refractivity contribution in [3.8, 4) is 0 Å². The van der Waals surface area contributed by atoms with Gasteiger partial charge in [0.25, 0.3) is 0 Å². The first-order valence-electron chi connectivity index (χ1n) is 7.21. The van der Waals surface area contributed by atoms with Crippen LogP contribution in [0, 0.1) is 5.92 Å². The molecule has 4 heteroatoms. The van der Waals surface area contributed by atoms with Gasteiger partial charge in [-0.2, -0.15) is 5.10 Å². The normalized spacial score (nSPS) is 29.7. The maximum absolute atomic E-state index is 4.28. The molecular formula is C14H24N4. The van der Waals surface area contributed by atoms with Crippen LogP contribution in [0.4, 0.5) is 0 Å². The minimum absolute atomic E-state index is 0.664. The lowest BCUT2D eigenvalue weighted by Crippen LogP contribution is -2.56. The monoisotopic (exact) mass is 248 g/mol. The van der Waals surface area contributed by atoms with Crippen LogP contribution in [-0.2, 0) is 13.6 Å². The molecule has 0 radical (unpaired) electrons. The summed E-state index contributed by atoms with van der Waals surface area (Å²) in [7, 11) is 1.99. The second-order valence-electron chi connectivity index (χ2n) is 5.87. The Kier molecular flexibility index (Phi) is 3.39. The van der Waals surface area contributed by atoms with Crippen LogP contribution in [0.5, 0.6) is 0 Å². The topological polar surface area (TPSA) is 33.1 Å². The molecule has 100 valence electrons. The molecule has 1 aliphatic carbocycles. The molecule has 2 unspecified atom stereocenters. The number of piperazine rings is 1. The van der Waals surface area contributed by atoms with Gasteiger partial charge >= 0.3 is 0 Å². The van der Waals surface area contributed by atoms with E-state index in [1.807, 2.05) is 17.9 Å². The fourth-order valence-electron chi connectivity index (χ4n) is 3.09. The van der Waals surface area contributed by atoms with Crippen LogP contribution < -0.4 is 5.32 Å². The molecule has 2 atom stereocenters. The van der Waals surface area contributed by atoms with Gasteiger partial charge in [0.1, 0.15) is 0 Å². The zero-order valence-electron chi connectivity index (χ0n) is 11.5. The van der Waals surface area contributed by atoms with E-state index in [9.17, 15) is 0 Å². The molecule has 4 nitrogen and oxygen atoms in total. The Bertz CT molecular complexity index is 396. The van der Waals surface area contributed by atoms with E-state index in [1.54, 1.807) is 0 Å². The van der Waals surface area contributed by atoms with Crippen molar-refractivity contribution in [2.45, 2.75) is 44.8 Å². The lowest BCUT2D eigenvalue weighted by Gasteiger charge is -2.40. The summed E-state index contributed by atoms with van der Waals surface area (Å²) in [6.07, 6.45) is 8.22. The fraction of sp³-hybridized carbons (Fsp3) is 0.786. The van der Waals surface area contributed by atoms with Crippen LogP contribution in [0.3, 0.4) is 0 Å². The van der Waals surface area contributed by atoms with E-state index in [4.69, 9.17) is 0 Å². The van der Waals surface area contributed by atoms with Crippen molar-refractivity contribution in [1.29, 1.82) is 0 Å². The smallest absolute Gasteiger partial charge is 0.0534 e. The predicted molar refractivity (Wildman–Crippen MR) is 72.2 cm³/mol. The number of hydrogen-bond donors (Lipinski definition) is 1. The molecule has 2 fully saturated rings. The van der Waals surface area contributed by atoms with Gasteiger partial charge in [0.15, 0.2) is 0 Å². The van der Waals surface area contributed by atoms with Crippen LogP contribution in [0.25, 0.3) is 0 Å². The molecule has 18 heavy (non-hydrogen) atoms. The molecule has 0 spiro atoms. The largest absolute Gasteiger partial charge is 0.311 e. The van der Waals surface area contributed by atoms with Crippen molar-refractivity contribution in [3.63, 3.8) is 0 Å². The molecule has 1 aromatic heterocycles. The van der Waals surface area contributed by atoms with Crippen molar-refractivity contribution in [3.05, 3.63) is 18.0 Å². The molecule has 1 saturated carbocycles. The van der Waals surface area contributed by atoms with Crippen molar-refractivity contribution in [2.75, 3.05) is 13.1 Å². The highest BCUT2D eigenvalue weighted by Gasteiger charge is 2.38. The summed E-state index contributed by atoms with van der Waals surface area (Å²) >= 11 is 0. The zero-order valence-corrected chi connectivity index (χ0v) is 11.5. The van der Waals surface area contributed by atoms with Crippen LogP contribution in [0.15, 0.2) is 12.4 Å². The lowest BCUT2D eigenvalue weighted by molar-refractivity contribution is 0.106. The van der Waals surface area contributed by atoms with E-state index in [-0.39, 0.29) is 0 Å². The van der Waals surface area contributed by atoms with E-state index in [0.29, 0.717) is 6.04 Å². The second-order valence-corrected chi connectivity index (χ2v) is 5.87. The molecule has 1 N–H and O–H groups in total. The molecule has 0 amide bonds. The molecule has 2 heterocycles. The molecule has 3 rings (SSSR count). The number of aryl methyl sites for hydroxylation is 1. The lowest BCUT2D eigenvalue weighted by atomic mass is 10.0. The van der Waals surface area contributed by atoms with Gasteiger partial charge in [-0.15, -0.1) is 0 Å². The van der Waals surface area contributed by atoms with Gasteiger partial charge in [-0.25, -0.2) is 0 Å². The van der Waals surface area contributed by atoms with E-state index in [2.05, 4.69) is 28.4 Å². The van der Waals surface area contributed by atoms with Crippen LogP contribution >= 0.6 is 0 Å². The third-order valence-electron chi connectivity index (χ3n) is 4.34. The molecule has 1 saturated heterocycles. The Balaban J connectivity index is 1.68. The van der Waals surface area contributed by atoms with Gasteiger partial charge in [0, 0.05) is 50.5 Å². The fourth-order valence-corrected chi connectivity index (χ4v) is 3.09. The minimum atomic E-state index is 0.664. The first-order chi connectivity index (χ1) is 8.76. The molecule has 0 bridgehead atoms. The van der Waals surface area contributed by atoms with Gasteiger partial charge in [-0.3, -0.25) is 9.58 Å². The summed E-state index contributed by atoms with van der Waals surface area (Å²) in [5, 5.41) is 7.98. The molecule has 1 aliphatic heterocycles. The van der Waals surface area contributed by atoms with Crippen LogP contribution in [-0.4, -0.2) is 39.9 Å². The Hall–Kier alpha value is -0.870. The third kappa shape index (κ3) is 2.59. The number of aromatic nitrogens is 2. The average Bonchev–Trinajstić information content (AvgIpc) is 3.13. The highest BCUT2D eigenvalue weighted by atomic mass is 15.3. The van der Waals surface area contributed by atoms with E-state index in [1.165, 1.54) is 37.9 Å². The number of rotatable bonds is 4. The molecule has 2 aliphatic rings. The number of hydrogen-bond acceptors (Lipinski definition) is 3. The van der Waals surface area contributed by atoms with E-state index < -0.39 is 0 Å². The molecular weight excluding hydrogens is 224 g/mol. The number of nitrogens with zero attached hydrogens (tertiary/aromatic N) is 3. The van der Waals surface area contributed by atoms with Crippen molar-refractivity contribution >= 4 is 0 Å². The van der Waals surface area contributed by atoms with Gasteiger partial charge in [-0.1, -0.05) is 6.92 Å². The molecule has 0 aromatic carbocycles. The van der Waals surface area contributed by atoms with E-state index in [0.717, 1.165) is 18.5 Å². The highest BCUT2D eigenvalue weighted by molar-refractivity contribution is 5.06. The second kappa shape index (κ2) is 5.02. The van der Waals surface area contributed by atoms with Crippen molar-refractivity contribution in [2.24, 2.45) is 13.0 Å². The summed E-state index contributed by atoms with van der Waals surface area (Å²) in [4.78, 5) is 2.68. The van der Waals surface area contributed by atoms with Gasteiger partial charge in [-0.05, 0) is 25.2 Å². The maximum Gasteiger partial charge on any atom is 0.0534 e. The van der Waals surface area contributed by atoms with Gasteiger partial charge < -0.3 is 5.32 Å². The minimum Gasteiger partial charge on any atom is -0.311 e. The Labute approximate surface area is 109 Å². The van der Waals surface area contributed by atoms with Gasteiger partial charge in [0.05, 0.1) is 6.20 Å².